The molecule has 23 heavy (non-hydrogen) atoms. The smallest absolute Gasteiger partial charge is 0.0612 e. The Hall–Kier alpha value is -1.12. The van der Waals surface area contributed by atoms with E-state index in [4.69, 9.17) is 4.74 Å². The number of hydrogen-bond donors (Lipinski definition) is 1. The van der Waals surface area contributed by atoms with Crippen LogP contribution >= 0.6 is 0 Å². The van der Waals surface area contributed by atoms with Crippen molar-refractivity contribution in [3.8, 4) is 0 Å². The number of rotatable bonds is 7. The average Bonchev–Trinajstić information content (AvgIpc) is 2.71. The first-order valence-electron chi connectivity index (χ1n) is 8.92. The molecule has 0 radical (unpaired) electrons. The number of allylic oxidation sites excluding steroid dienone is 1. The molecule has 0 saturated carbocycles. The molecule has 1 N–H and O–H groups in total. The van der Waals surface area contributed by atoms with Gasteiger partial charge in [0.05, 0.1) is 12.0 Å². The zero-order valence-electron chi connectivity index (χ0n) is 16.0. The molecule has 1 aliphatic rings. The van der Waals surface area contributed by atoms with Crippen LogP contribution in [0.2, 0.25) is 0 Å². The lowest BCUT2D eigenvalue weighted by Gasteiger charge is -2.33. The molecule has 2 rings (SSSR count). The molecule has 0 amide bonds. The highest BCUT2D eigenvalue weighted by Gasteiger charge is 2.42. The van der Waals surface area contributed by atoms with Crippen LogP contribution < -0.4 is 5.32 Å². The van der Waals surface area contributed by atoms with Gasteiger partial charge in [0.2, 0.25) is 0 Å². The van der Waals surface area contributed by atoms with Gasteiger partial charge in [-0.05, 0) is 74.9 Å². The van der Waals surface area contributed by atoms with Gasteiger partial charge in [0, 0.05) is 13.2 Å². The molecule has 2 heteroatoms. The van der Waals surface area contributed by atoms with Crippen LogP contribution in [0.3, 0.4) is 0 Å². The van der Waals surface area contributed by atoms with Gasteiger partial charge in [-0.25, -0.2) is 0 Å². The van der Waals surface area contributed by atoms with E-state index in [0.29, 0.717) is 5.92 Å². The lowest BCUT2D eigenvalue weighted by molar-refractivity contribution is 0.105. The molecule has 1 aromatic carbocycles. The Bertz CT molecular complexity index is 600. The van der Waals surface area contributed by atoms with Crippen LogP contribution in [-0.4, -0.2) is 26.3 Å². The minimum Gasteiger partial charge on any atom is -0.380 e. The van der Waals surface area contributed by atoms with E-state index in [1.807, 2.05) is 0 Å². The van der Waals surface area contributed by atoms with Crippen molar-refractivity contribution in [1.29, 1.82) is 0 Å². The Kier molecular flexibility index (Phi) is 5.70. The Balaban J connectivity index is 2.48. The van der Waals surface area contributed by atoms with Gasteiger partial charge in [-0.3, -0.25) is 0 Å². The highest BCUT2D eigenvalue weighted by atomic mass is 16.5. The summed E-state index contributed by atoms with van der Waals surface area (Å²) in [6.07, 6.45) is 0. The van der Waals surface area contributed by atoms with Gasteiger partial charge < -0.3 is 10.1 Å². The van der Waals surface area contributed by atoms with Crippen LogP contribution in [0.1, 0.15) is 56.9 Å². The predicted molar refractivity (Wildman–Crippen MR) is 100 cm³/mol. The molecule has 0 fully saturated rings. The second-order valence-electron chi connectivity index (χ2n) is 7.42. The molecule has 0 spiro atoms. The van der Waals surface area contributed by atoms with Crippen LogP contribution in [0.25, 0.3) is 5.57 Å². The molecule has 1 unspecified atom stereocenters. The highest BCUT2D eigenvalue weighted by Crippen LogP contribution is 2.48. The largest absolute Gasteiger partial charge is 0.380 e. The van der Waals surface area contributed by atoms with Crippen LogP contribution in [0.5, 0.6) is 0 Å². The van der Waals surface area contributed by atoms with Crippen molar-refractivity contribution < 1.29 is 4.74 Å². The summed E-state index contributed by atoms with van der Waals surface area (Å²) in [4.78, 5) is 0. The fraction of sp³-hybridized carbons (Fsp3) is 0.619. The monoisotopic (exact) mass is 315 g/mol. The maximum atomic E-state index is 5.95. The fourth-order valence-corrected chi connectivity index (χ4v) is 3.76. The molecule has 0 heterocycles. The molecule has 0 aliphatic heterocycles. The van der Waals surface area contributed by atoms with Crippen molar-refractivity contribution in [2.45, 2.75) is 53.9 Å². The third-order valence-electron chi connectivity index (χ3n) is 5.44. The van der Waals surface area contributed by atoms with Gasteiger partial charge in [0.15, 0.2) is 0 Å². The second kappa shape index (κ2) is 7.19. The van der Waals surface area contributed by atoms with E-state index in [9.17, 15) is 0 Å². The van der Waals surface area contributed by atoms with Crippen LogP contribution in [0, 0.1) is 19.8 Å². The third-order valence-corrected chi connectivity index (χ3v) is 5.44. The summed E-state index contributed by atoms with van der Waals surface area (Å²) in [5.41, 5.74) is 8.56. The van der Waals surface area contributed by atoms with Crippen LogP contribution in [-0.2, 0) is 10.2 Å². The Labute approximate surface area is 142 Å². The van der Waals surface area contributed by atoms with Crippen LogP contribution in [0.15, 0.2) is 17.7 Å². The second-order valence-corrected chi connectivity index (χ2v) is 7.42. The summed E-state index contributed by atoms with van der Waals surface area (Å²) in [7, 11) is 0. The molecule has 1 aliphatic carbocycles. The number of hydrogen-bond acceptors (Lipinski definition) is 2. The van der Waals surface area contributed by atoms with Gasteiger partial charge in [-0.1, -0.05) is 31.6 Å². The van der Waals surface area contributed by atoms with E-state index in [2.05, 4.69) is 65.9 Å². The van der Waals surface area contributed by atoms with Crippen molar-refractivity contribution in [3.63, 3.8) is 0 Å². The van der Waals surface area contributed by atoms with Crippen molar-refractivity contribution in [2.24, 2.45) is 5.92 Å². The zero-order valence-corrected chi connectivity index (χ0v) is 16.0. The Morgan fingerprint density at radius 3 is 2.43 bits per heavy atom. The fourth-order valence-electron chi connectivity index (χ4n) is 3.76. The highest BCUT2D eigenvalue weighted by molar-refractivity contribution is 5.81. The summed E-state index contributed by atoms with van der Waals surface area (Å²) in [5.74, 6) is 0.658. The lowest BCUT2D eigenvalue weighted by atomic mass is 9.77. The average molecular weight is 316 g/mol. The first-order chi connectivity index (χ1) is 10.8. The molecule has 2 nitrogen and oxygen atoms in total. The van der Waals surface area contributed by atoms with Gasteiger partial charge in [-0.2, -0.15) is 0 Å². The zero-order chi connectivity index (χ0) is 17.2. The van der Waals surface area contributed by atoms with Crippen molar-refractivity contribution in [3.05, 3.63) is 40.0 Å². The molecule has 0 aromatic heterocycles. The molecule has 1 atom stereocenters. The lowest BCUT2D eigenvalue weighted by Crippen LogP contribution is -2.43. The van der Waals surface area contributed by atoms with Gasteiger partial charge >= 0.3 is 0 Å². The maximum absolute atomic E-state index is 5.95. The predicted octanol–water partition coefficient (Wildman–Crippen LogP) is 4.63. The van der Waals surface area contributed by atoms with E-state index < -0.39 is 0 Å². The first kappa shape index (κ1) is 18.2. The van der Waals surface area contributed by atoms with Crippen molar-refractivity contribution in [1.82, 2.24) is 5.32 Å². The van der Waals surface area contributed by atoms with E-state index in [1.165, 1.54) is 33.4 Å². The van der Waals surface area contributed by atoms with Crippen molar-refractivity contribution >= 4 is 5.57 Å². The first-order valence-corrected chi connectivity index (χ1v) is 8.92. The number of aryl methyl sites for hydroxylation is 1. The SMILES string of the molecule is CCOCC1(CNCC(C)C)C(C)=C(C)c2c1ccc(C)c2C. The molecule has 0 saturated heterocycles. The number of benzene rings is 1. The summed E-state index contributed by atoms with van der Waals surface area (Å²) < 4.78 is 5.95. The van der Waals surface area contributed by atoms with Gasteiger partial charge in [-0.15, -0.1) is 0 Å². The summed E-state index contributed by atoms with van der Waals surface area (Å²) in [5, 5.41) is 3.69. The summed E-state index contributed by atoms with van der Waals surface area (Å²) >= 11 is 0. The Morgan fingerprint density at radius 2 is 1.83 bits per heavy atom. The molecule has 128 valence electrons. The number of nitrogens with one attached hydrogen (secondary N) is 1. The minimum atomic E-state index is -0.0250. The summed E-state index contributed by atoms with van der Waals surface area (Å²) in [6, 6.07) is 4.59. The molecular weight excluding hydrogens is 282 g/mol. The Morgan fingerprint density at radius 1 is 1.13 bits per heavy atom. The normalized spacial score (nSPS) is 20.5. The van der Waals surface area contributed by atoms with Crippen LogP contribution in [0.4, 0.5) is 0 Å². The number of ether oxygens (including phenoxy) is 1. The van der Waals surface area contributed by atoms with Crippen molar-refractivity contribution in [2.75, 3.05) is 26.3 Å². The maximum Gasteiger partial charge on any atom is 0.0612 e. The molecule has 1 aromatic rings. The minimum absolute atomic E-state index is 0.0250. The summed E-state index contributed by atoms with van der Waals surface area (Å²) in [6.45, 7) is 19.1. The number of fused-ring (bicyclic) bond motifs is 1. The van der Waals surface area contributed by atoms with E-state index in [-0.39, 0.29) is 5.41 Å². The van der Waals surface area contributed by atoms with E-state index >= 15 is 0 Å². The van der Waals surface area contributed by atoms with Gasteiger partial charge in [0.25, 0.3) is 0 Å². The van der Waals surface area contributed by atoms with Gasteiger partial charge in [0.1, 0.15) is 0 Å². The topological polar surface area (TPSA) is 21.3 Å². The van der Waals surface area contributed by atoms with E-state index in [1.54, 1.807) is 0 Å². The molecular formula is C21H33NO. The molecule has 0 bridgehead atoms. The van der Waals surface area contributed by atoms with E-state index in [0.717, 1.165) is 26.3 Å². The third kappa shape index (κ3) is 3.25. The quantitative estimate of drug-likeness (QED) is 0.792. The standard InChI is InChI=1S/C21H33NO/c1-8-23-13-21(12-22-11-14(2)3)18(7)17(6)20-16(5)15(4)9-10-19(20)21/h9-10,14,22H,8,11-13H2,1-7H3.